The van der Waals surface area contributed by atoms with Crippen LogP contribution in [-0.2, 0) is 16.0 Å². The lowest BCUT2D eigenvalue weighted by molar-refractivity contribution is -0.128. The van der Waals surface area contributed by atoms with Crippen molar-refractivity contribution in [2.75, 3.05) is 18.4 Å². The van der Waals surface area contributed by atoms with Crippen LogP contribution in [0, 0.1) is 11.7 Å². The van der Waals surface area contributed by atoms with E-state index >= 15 is 0 Å². The van der Waals surface area contributed by atoms with Crippen molar-refractivity contribution in [1.29, 1.82) is 0 Å². The number of carbonyl (C=O) groups is 3. The predicted octanol–water partition coefficient (Wildman–Crippen LogP) is 1.95. The Balaban J connectivity index is 1.53. The minimum absolute atomic E-state index is 0.0682. The fourth-order valence-corrected chi connectivity index (χ4v) is 3.04. The van der Waals surface area contributed by atoms with Crippen LogP contribution in [0.25, 0.3) is 0 Å². The van der Waals surface area contributed by atoms with Crippen molar-refractivity contribution in [2.24, 2.45) is 11.7 Å². The third kappa shape index (κ3) is 4.69. The van der Waals surface area contributed by atoms with Gasteiger partial charge >= 0.3 is 0 Å². The molecule has 3 rings (SSSR count). The van der Waals surface area contributed by atoms with E-state index < -0.39 is 11.8 Å². The molecule has 1 heterocycles. The van der Waals surface area contributed by atoms with E-state index in [1.54, 1.807) is 29.2 Å². The zero-order valence-electron chi connectivity index (χ0n) is 14.7. The molecule has 27 heavy (non-hydrogen) atoms. The molecule has 6 nitrogen and oxygen atoms in total. The van der Waals surface area contributed by atoms with E-state index in [-0.39, 0.29) is 24.1 Å². The van der Waals surface area contributed by atoms with Gasteiger partial charge in [0.15, 0.2) is 0 Å². The highest BCUT2D eigenvalue weighted by molar-refractivity contribution is 5.98. The Kier molecular flexibility index (Phi) is 5.49. The average Bonchev–Trinajstić information content (AvgIpc) is 3.03. The highest BCUT2D eigenvalue weighted by Crippen LogP contribution is 2.21. The van der Waals surface area contributed by atoms with E-state index in [1.165, 1.54) is 24.3 Å². The van der Waals surface area contributed by atoms with Crippen molar-refractivity contribution in [3.05, 3.63) is 65.5 Å². The average molecular weight is 369 g/mol. The predicted molar refractivity (Wildman–Crippen MR) is 98.4 cm³/mol. The number of carbonyl (C=O) groups excluding carboxylic acids is 3. The molecule has 0 bridgehead atoms. The minimum atomic E-state index is -0.536. The molecule has 0 unspecified atom stereocenters. The van der Waals surface area contributed by atoms with Gasteiger partial charge in [-0.2, -0.15) is 0 Å². The summed E-state index contributed by atoms with van der Waals surface area (Å²) in [4.78, 5) is 37.3. The van der Waals surface area contributed by atoms with Crippen molar-refractivity contribution >= 4 is 23.4 Å². The van der Waals surface area contributed by atoms with Gasteiger partial charge < -0.3 is 16.0 Å². The molecule has 1 saturated heterocycles. The largest absolute Gasteiger partial charge is 0.366 e. The number of amides is 3. The van der Waals surface area contributed by atoms with E-state index in [0.29, 0.717) is 30.8 Å². The molecule has 140 valence electrons. The number of nitrogens with zero attached hydrogens (tertiary/aromatic N) is 1. The third-order valence-corrected chi connectivity index (χ3v) is 4.61. The molecule has 1 aliphatic rings. The fraction of sp³-hybridized carbons (Fsp3) is 0.250. The molecule has 1 atom stereocenters. The first-order chi connectivity index (χ1) is 12.9. The second kappa shape index (κ2) is 7.99. The Bertz CT molecular complexity index is 850. The van der Waals surface area contributed by atoms with E-state index in [2.05, 4.69) is 5.32 Å². The van der Waals surface area contributed by atoms with Crippen LogP contribution in [0.3, 0.4) is 0 Å². The Morgan fingerprint density at radius 2 is 1.78 bits per heavy atom. The quantitative estimate of drug-likeness (QED) is 0.815. The standard InChI is InChI=1S/C20H20FN3O3/c21-16-5-1-13(2-6-16)9-10-24-12-15(11-18(24)25)20(27)23-17-7-3-14(4-8-17)19(22)26/h1-8,15H,9-12H2,(H2,22,26)(H,23,27)/t15-/m1/s1. The summed E-state index contributed by atoms with van der Waals surface area (Å²) in [5.41, 5.74) is 7.02. The van der Waals surface area contributed by atoms with Gasteiger partial charge in [0.05, 0.1) is 5.92 Å². The lowest BCUT2D eigenvalue weighted by atomic mass is 10.1. The van der Waals surface area contributed by atoms with Crippen LogP contribution in [0.1, 0.15) is 22.3 Å². The molecule has 3 amide bonds. The molecule has 2 aromatic carbocycles. The smallest absolute Gasteiger partial charge is 0.248 e. The lowest BCUT2D eigenvalue weighted by Gasteiger charge is -2.16. The number of rotatable bonds is 6. The van der Waals surface area contributed by atoms with Crippen LogP contribution < -0.4 is 11.1 Å². The van der Waals surface area contributed by atoms with E-state index in [0.717, 1.165) is 5.56 Å². The van der Waals surface area contributed by atoms with Crippen LogP contribution in [-0.4, -0.2) is 35.7 Å². The summed E-state index contributed by atoms with van der Waals surface area (Å²) >= 11 is 0. The number of anilines is 1. The van der Waals surface area contributed by atoms with E-state index in [4.69, 9.17) is 5.73 Å². The minimum Gasteiger partial charge on any atom is -0.366 e. The van der Waals surface area contributed by atoms with Gasteiger partial charge in [-0.25, -0.2) is 4.39 Å². The summed E-state index contributed by atoms with van der Waals surface area (Å²) in [6, 6.07) is 12.4. The summed E-state index contributed by atoms with van der Waals surface area (Å²) < 4.78 is 12.9. The maximum atomic E-state index is 12.9. The highest BCUT2D eigenvalue weighted by atomic mass is 19.1. The molecule has 7 heteroatoms. The zero-order chi connectivity index (χ0) is 19.4. The van der Waals surface area contributed by atoms with Crippen molar-refractivity contribution < 1.29 is 18.8 Å². The molecule has 0 radical (unpaired) electrons. The van der Waals surface area contributed by atoms with E-state index in [1.807, 2.05) is 0 Å². The van der Waals surface area contributed by atoms with Gasteiger partial charge in [0.2, 0.25) is 17.7 Å². The molecule has 0 aliphatic carbocycles. The van der Waals surface area contributed by atoms with E-state index in [9.17, 15) is 18.8 Å². The van der Waals surface area contributed by atoms with Gasteiger partial charge in [-0.1, -0.05) is 12.1 Å². The second-order valence-electron chi connectivity index (χ2n) is 6.55. The first-order valence-electron chi connectivity index (χ1n) is 8.65. The van der Waals surface area contributed by atoms with Gasteiger partial charge in [0, 0.05) is 30.8 Å². The third-order valence-electron chi connectivity index (χ3n) is 4.61. The number of hydrogen-bond donors (Lipinski definition) is 2. The zero-order valence-corrected chi connectivity index (χ0v) is 14.7. The summed E-state index contributed by atoms with van der Waals surface area (Å²) in [7, 11) is 0. The number of benzene rings is 2. The molecular weight excluding hydrogens is 349 g/mol. The Labute approximate surface area is 156 Å². The maximum Gasteiger partial charge on any atom is 0.248 e. The Morgan fingerprint density at radius 1 is 1.11 bits per heavy atom. The first-order valence-corrected chi connectivity index (χ1v) is 8.65. The van der Waals surface area contributed by atoms with Gasteiger partial charge in [0.25, 0.3) is 0 Å². The van der Waals surface area contributed by atoms with Gasteiger partial charge in [-0.15, -0.1) is 0 Å². The van der Waals surface area contributed by atoms with Crippen molar-refractivity contribution in [1.82, 2.24) is 4.90 Å². The second-order valence-corrected chi connectivity index (χ2v) is 6.55. The highest BCUT2D eigenvalue weighted by Gasteiger charge is 2.34. The van der Waals surface area contributed by atoms with Gasteiger partial charge in [-0.3, -0.25) is 14.4 Å². The van der Waals surface area contributed by atoms with Gasteiger partial charge in [-0.05, 0) is 48.4 Å². The van der Waals surface area contributed by atoms with Crippen LogP contribution >= 0.6 is 0 Å². The number of hydrogen-bond acceptors (Lipinski definition) is 3. The summed E-state index contributed by atoms with van der Waals surface area (Å²) in [6.07, 6.45) is 0.767. The molecule has 0 spiro atoms. The molecule has 2 aromatic rings. The van der Waals surface area contributed by atoms with Crippen molar-refractivity contribution in [2.45, 2.75) is 12.8 Å². The molecule has 0 aromatic heterocycles. The summed E-state index contributed by atoms with van der Waals surface area (Å²) in [6.45, 7) is 0.840. The van der Waals surface area contributed by atoms with Crippen LogP contribution in [0.4, 0.5) is 10.1 Å². The maximum absolute atomic E-state index is 12.9. The fourth-order valence-electron chi connectivity index (χ4n) is 3.04. The normalized spacial score (nSPS) is 16.4. The lowest BCUT2D eigenvalue weighted by Crippen LogP contribution is -2.30. The molecule has 1 aliphatic heterocycles. The topological polar surface area (TPSA) is 92.5 Å². The van der Waals surface area contributed by atoms with Crippen LogP contribution in [0.5, 0.6) is 0 Å². The molecule has 1 fully saturated rings. The number of primary amides is 1. The number of nitrogens with one attached hydrogen (secondary N) is 1. The number of halogens is 1. The Morgan fingerprint density at radius 3 is 2.41 bits per heavy atom. The first kappa shape index (κ1) is 18.6. The monoisotopic (exact) mass is 369 g/mol. The molecule has 3 N–H and O–H groups in total. The summed E-state index contributed by atoms with van der Waals surface area (Å²) in [5.74, 6) is -1.56. The van der Waals surface area contributed by atoms with Gasteiger partial charge in [0.1, 0.15) is 5.82 Å². The summed E-state index contributed by atoms with van der Waals surface area (Å²) in [5, 5.41) is 2.76. The number of nitrogens with two attached hydrogens (primary N) is 1. The Hall–Kier alpha value is -3.22. The van der Waals surface area contributed by atoms with Crippen molar-refractivity contribution in [3.8, 4) is 0 Å². The number of likely N-dealkylation sites (tertiary alicyclic amines) is 1. The van der Waals surface area contributed by atoms with Crippen LogP contribution in [0.2, 0.25) is 0 Å². The molecule has 0 saturated carbocycles. The van der Waals surface area contributed by atoms with Crippen molar-refractivity contribution in [3.63, 3.8) is 0 Å². The van der Waals surface area contributed by atoms with Crippen LogP contribution in [0.15, 0.2) is 48.5 Å². The SMILES string of the molecule is NC(=O)c1ccc(NC(=O)[C@@H]2CC(=O)N(CCc3ccc(F)cc3)C2)cc1. The molecular formula is C20H20FN3O3.